The molecule has 4 N–H and O–H groups in total. The number of aliphatic hydroxyl groups excluding tert-OH is 3. The van der Waals surface area contributed by atoms with Crippen molar-refractivity contribution in [3.05, 3.63) is 30.5 Å². The number of fused-ring (bicyclic) bond motifs is 1. The zero-order valence-corrected chi connectivity index (χ0v) is 16.4. The highest BCUT2D eigenvalue weighted by molar-refractivity contribution is 5.82. The van der Waals surface area contributed by atoms with Crippen LogP contribution in [0.2, 0.25) is 0 Å². The topological polar surface area (TPSA) is 152 Å². The number of nitrogens with zero attached hydrogens (tertiary/aromatic N) is 5. The highest BCUT2D eigenvalue weighted by Crippen LogP contribution is 2.40. The Morgan fingerprint density at radius 1 is 1.13 bits per heavy atom. The SMILES string of the molecule is CCc1cnc([C@H]2O[C@@H](n3cnc4c(N[C@H]5CCC[C@@H]5O)ncnc43)[C@H](O)[C@@H]2O)o1. The van der Waals surface area contributed by atoms with Gasteiger partial charge < -0.3 is 29.8 Å². The molecule has 2 fully saturated rings. The van der Waals surface area contributed by atoms with Gasteiger partial charge in [-0.2, -0.15) is 0 Å². The average molecular weight is 416 g/mol. The molecule has 0 aromatic carbocycles. The van der Waals surface area contributed by atoms with Gasteiger partial charge in [-0.1, -0.05) is 6.92 Å². The Hall–Kier alpha value is -2.60. The fraction of sp³-hybridized carbons (Fsp3) is 0.579. The minimum absolute atomic E-state index is 0.0921. The quantitative estimate of drug-likeness (QED) is 0.467. The molecule has 2 aliphatic rings. The maximum Gasteiger partial charge on any atom is 0.226 e. The summed E-state index contributed by atoms with van der Waals surface area (Å²) in [6, 6.07) is -0.0921. The first-order valence-corrected chi connectivity index (χ1v) is 10.1. The lowest BCUT2D eigenvalue weighted by molar-refractivity contribution is -0.0439. The lowest BCUT2D eigenvalue weighted by atomic mass is 10.1. The summed E-state index contributed by atoms with van der Waals surface area (Å²) in [4.78, 5) is 17.1. The molecule has 3 aromatic rings. The van der Waals surface area contributed by atoms with E-state index in [9.17, 15) is 15.3 Å². The van der Waals surface area contributed by atoms with Gasteiger partial charge in [0.05, 0.1) is 24.7 Å². The van der Waals surface area contributed by atoms with E-state index in [2.05, 4.69) is 25.3 Å². The zero-order chi connectivity index (χ0) is 20.8. The van der Waals surface area contributed by atoms with Crippen LogP contribution < -0.4 is 5.32 Å². The first-order chi connectivity index (χ1) is 14.6. The maximum atomic E-state index is 10.6. The summed E-state index contributed by atoms with van der Waals surface area (Å²) in [7, 11) is 0. The first kappa shape index (κ1) is 19.4. The van der Waals surface area contributed by atoms with Crippen LogP contribution in [0.15, 0.2) is 23.3 Å². The molecule has 6 atom stereocenters. The number of nitrogens with one attached hydrogen (secondary N) is 1. The van der Waals surface area contributed by atoms with Crippen molar-refractivity contribution in [3.8, 4) is 0 Å². The Kier molecular flexibility index (Phi) is 4.89. The lowest BCUT2D eigenvalue weighted by Gasteiger charge is -2.18. The second kappa shape index (κ2) is 7.58. The molecule has 0 spiro atoms. The van der Waals surface area contributed by atoms with E-state index in [1.54, 1.807) is 10.8 Å². The first-order valence-electron chi connectivity index (χ1n) is 10.1. The molecule has 1 saturated heterocycles. The molecular formula is C19H24N6O5. The predicted molar refractivity (Wildman–Crippen MR) is 103 cm³/mol. The molecule has 5 rings (SSSR count). The van der Waals surface area contributed by atoms with Gasteiger partial charge in [-0.3, -0.25) is 4.57 Å². The van der Waals surface area contributed by atoms with Gasteiger partial charge >= 0.3 is 0 Å². The van der Waals surface area contributed by atoms with Gasteiger partial charge in [0.1, 0.15) is 24.3 Å². The molecular weight excluding hydrogens is 392 g/mol. The summed E-state index contributed by atoms with van der Waals surface area (Å²) in [5.74, 6) is 1.40. The van der Waals surface area contributed by atoms with Crippen LogP contribution in [0.5, 0.6) is 0 Å². The van der Waals surface area contributed by atoms with Gasteiger partial charge in [-0.05, 0) is 19.3 Å². The van der Waals surface area contributed by atoms with E-state index in [1.165, 1.54) is 12.7 Å². The molecule has 0 radical (unpaired) electrons. The van der Waals surface area contributed by atoms with Crippen LogP contribution in [0.3, 0.4) is 0 Å². The summed E-state index contributed by atoms with van der Waals surface area (Å²) in [5.41, 5.74) is 0.938. The van der Waals surface area contributed by atoms with Gasteiger partial charge in [0, 0.05) is 6.42 Å². The van der Waals surface area contributed by atoms with E-state index < -0.39 is 30.6 Å². The van der Waals surface area contributed by atoms with Crippen molar-refractivity contribution in [1.29, 1.82) is 0 Å². The van der Waals surface area contributed by atoms with Crippen molar-refractivity contribution >= 4 is 17.0 Å². The molecule has 3 aromatic heterocycles. The highest BCUT2D eigenvalue weighted by Gasteiger charge is 2.47. The van der Waals surface area contributed by atoms with Gasteiger partial charge in [0.2, 0.25) is 5.89 Å². The largest absolute Gasteiger partial charge is 0.443 e. The van der Waals surface area contributed by atoms with E-state index in [1.807, 2.05) is 6.92 Å². The Morgan fingerprint density at radius 3 is 2.73 bits per heavy atom. The van der Waals surface area contributed by atoms with Crippen LogP contribution in [0.4, 0.5) is 5.82 Å². The summed E-state index contributed by atoms with van der Waals surface area (Å²) < 4.78 is 13.1. The van der Waals surface area contributed by atoms with Crippen molar-refractivity contribution in [3.63, 3.8) is 0 Å². The number of ether oxygens (including phenoxy) is 1. The summed E-state index contributed by atoms with van der Waals surface area (Å²) in [6.45, 7) is 1.93. The number of hydrogen-bond donors (Lipinski definition) is 4. The minimum atomic E-state index is -1.23. The third-order valence-corrected chi connectivity index (χ3v) is 5.84. The fourth-order valence-corrected chi connectivity index (χ4v) is 4.14. The maximum absolute atomic E-state index is 10.6. The van der Waals surface area contributed by atoms with Crippen LogP contribution in [-0.4, -0.2) is 64.2 Å². The Morgan fingerprint density at radius 2 is 2.00 bits per heavy atom. The average Bonchev–Trinajstić information content (AvgIpc) is 3.52. The third-order valence-electron chi connectivity index (χ3n) is 5.84. The van der Waals surface area contributed by atoms with Crippen LogP contribution in [0, 0.1) is 0 Å². The fourth-order valence-electron chi connectivity index (χ4n) is 4.14. The molecule has 0 unspecified atom stereocenters. The van der Waals surface area contributed by atoms with Crippen LogP contribution in [0.1, 0.15) is 50.2 Å². The predicted octanol–water partition coefficient (Wildman–Crippen LogP) is 0.694. The number of aliphatic hydroxyl groups is 3. The molecule has 160 valence electrons. The number of imidazole rings is 1. The van der Waals surface area contributed by atoms with Crippen molar-refractivity contribution in [2.24, 2.45) is 0 Å². The molecule has 1 saturated carbocycles. The monoisotopic (exact) mass is 416 g/mol. The summed E-state index contributed by atoms with van der Waals surface area (Å²) in [6.07, 6.45) is 2.97. The second-order valence-electron chi connectivity index (χ2n) is 7.74. The van der Waals surface area contributed by atoms with E-state index in [0.717, 1.165) is 19.3 Å². The van der Waals surface area contributed by atoms with Crippen molar-refractivity contribution in [1.82, 2.24) is 24.5 Å². The molecule has 1 aliphatic carbocycles. The Balaban J connectivity index is 1.44. The summed E-state index contributed by atoms with van der Waals surface area (Å²) >= 11 is 0. The number of hydrogen-bond acceptors (Lipinski definition) is 10. The van der Waals surface area contributed by atoms with E-state index in [-0.39, 0.29) is 11.9 Å². The molecule has 4 heterocycles. The lowest BCUT2D eigenvalue weighted by Crippen LogP contribution is -2.29. The number of anilines is 1. The molecule has 11 heteroatoms. The molecule has 0 bridgehead atoms. The normalized spacial score (nSPS) is 31.6. The minimum Gasteiger partial charge on any atom is -0.443 e. The Bertz CT molecular complexity index is 1040. The van der Waals surface area contributed by atoms with Crippen molar-refractivity contribution in [2.45, 2.75) is 69.3 Å². The van der Waals surface area contributed by atoms with Gasteiger partial charge in [0.25, 0.3) is 0 Å². The number of aromatic nitrogens is 5. The van der Waals surface area contributed by atoms with E-state index in [4.69, 9.17) is 9.15 Å². The van der Waals surface area contributed by atoms with Crippen molar-refractivity contribution in [2.75, 3.05) is 5.32 Å². The number of aryl methyl sites for hydroxylation is 1. The molecule has 1 aliphatic heterocycles. The second-order valence-corrected chi connectivity index (χ2v) is 7.74. The van der Waals surface area contributed by atoms with Crippen molar-refractivity contribution < 1.29 is 24.5 Å². The van der Waals surface area contributed by atoms with Crippen LogP contribution in [-0.2, 0) is 11.2 Å². The number of rotatable bonds is 5. The molecule has 30 heavy (non-hydrogen) atoms. The zero-order valence-electron chi connectivity index (χ0n) is 16.4. The van der Waals surface area contributed by atoms with Crippen LogP contribution in [0.25, 0.3) is 11.2 Å². The molecule has 11 nitrogen and oxygen atoms in total. The highest BCUT2D eigenvalue weighted by atomic mass is 16.6. The van der Waals surface area contributed by atoms with Gasteiger partial charge in [0.15, 0.2) is 29.3 Å². The van der Waals surface area contributed by atoms with Crippen LogP contribution >= 0.6 is 0 Å². The number of oxazole rings is 1. The molecule has 0 amide bonds. The third kappa shape index (κ3) is 3.14. The standard InChI is InChI=1S/C19H24N6O5/c1-2-9-6-20-18(29-9)15-13(27)14(28)19(30-15)25-8-23-12-16(21-7-22-17(12)25)24-10-4-3-5-11(10)26/h6-8,10-11,13-15,19,26-28H,2-5H2,1H3,(H,21,22,24)/t10-,11-,13-,14+,15-,19+/m0/s1. The van der Waals surface area contributed by atoms with Gasteiger partial charge in [-0.15, -0.1) is 0 Å². The van der Waals surface area contributed by atoms with E-state index >= 15 is 0 Å². The van der Waals surface area contributed by atoms with Gasteiger partial charge in [-0.25, -0.2) is 19.9 Å². The smallest absolute Gasteiger partial charge is 0.226 e. The Labute approximate surface area is 171 Å². The summed E-state index contributed by atoms with van der Waals surface area (Å²) in [5, 5.41) is 34.5. The van der Waals surface area contributed by atoms with E-state index in [0.29, 0.717) is 29.2 Å².